The molecule has 0 bridgehead atoms. The molecule has 3 heteroatoms. The molecule has 0 radical (unpaired) electrons. The lowest BCUT2D eigenvalue weighted by Crippen LogP contribution is -2.14. The molecule has 1 nitrogen and oxygen atoms in total. The Morgan fingerprint density at radius 1 is 0.739 bits per heavy atom. The molecule has 3 rings (SSSR count). The lowest BCUT2D eigenvalue weighted by molar-refractivity contribution is 0.593. The Balaban J connectivity index is 2.13. The van der Waals surface area contributed by atoms with Crippen LogP contribution in [0.15, 0.2) is 89.4 Å². The fraction of sp³-hybridized carbons (Fsp3) is 0. The molecule has 112 valence electrons. The summed E-state index contributed by atoms with van der Waals surface area (Å²) in [6.07, 6.45) is 0. The van der Waals surface area contributed by atoms with Crippen LogP contribution in [0.25, 0.3) is 0 Å². The average Bonchev–Trinajstić information content (AvgIpc) is 2.61. The van der Waals surface area contributed by atoms with Crippen LogP contribution in [0.3, 0.4) is 0 Å². The predicted molar refractivity (Wildman–Crippen MR) is 101 cm³/mol. The van der Waals surface area contributed by atoms with Gasteiger partial charge in [0.05, 0.1) is 0 Å². The fourth-order valence-corrected chi connectivity index (χ4v) is 4.69. The Labute approximate surface area is 144 Å². The summed E-state index contributed by atoms with van der Waals surface area (Å²) in [6, 6.07) is 26.6. The van der Waals surface area contributed by atoms with Gasteiger partial charge in [-0.25, -0.2) is 0 Å². The third kappa shape index (κ3) is 3.64. The van der Waals surface area contributed by atoms with E-state index in [9.17, 15) is 4.57 Å². The quantitative estimate of drug-likeness (QED) is 0.462. The first-order chi connectivity index (χ1) is 11.2. The van der Waals surface area contributed by atoms with Gasteiger partial charge in [-0.15, -0.1) is 0 Å². The highest BCUT2D eigenvalue weighted by atomic mass is 79.9. The van der Waals surface area contributed by atoms with E-state index in [-0.39, 0.29) is 0 Å². The summed E-state index contributed by atoms with van der Waals surface area (Å²) in [5, 5.41) is 1.52. The summed E-state index contributed by atoms with van der Waals surface area (Å²) in [4.78, 5) is 0. The number of rotatable bonds is 2. The summed E-state index contributed by atoms with van der Waals surface area (Å²) in [5.74, 6) is 3.08. The molecule has 0 saturated heterocycles. The molecule has 23 heavy (non-hydrogen) atoms. The minimum absolute atomic E-state index is 0.758. The van der Waals surface area contributed by atoms with E-state index in [1.54, 1.807) is 0 Å². The topological polar surface area (TPSA) is 17.1 Å². The molecule has 0 aromatic heterocycles. The molecule has 0 saturated carbocycles. The Morgan fingerprint density at radius 3 is 1.83 bits per heavy atom. The SMILES string of the molecule is O=P(C#Cc1cccc(Br)c1)(c1ccccc1)c1ccccc1. The number of benzene rings is 3. The van der Waals surface area contributed by atoms with Gasteiger partial charge in [0.2, 0.25) is 7.14 Å². The second-order valence-corrected chi connectivity index (χ2v) is 8.42. The zero-order chi connectivity index (χ0) is 16.1. The van der Waals surface area contributed by atoms with Crippen LogP contribution in [-0.4, -0.2) is 0 Å². The van der Waals surface area contributed by atoms with E-state index in [1.165, 1.54) is 0 Å². The van der Waals surface area contributed by atoms with Crippen LogP contribution in [0.1, 0.15) is 5.56 Å². The summed E-state index contributed by atoms with van der Waals surface area (Å²) >= 11 is 3.44. The maximum absolute atomic E-state index is 13.7. The zero-order valence-electron chi connectivity index (χ0n) is 12.3. The lowest BCUT2D eigenvalue weighted by atomic mass is 10.2. The van der Waals surface area contributed by atoms with Crippen molar-refractivity contribution in [2.45, 2.75) is 0 Å². The third-order valence-corrected chi connectivity index (χ3v) is 6.39. The Bertz CT molecular complexity index is 865. The minimum atomic E-state index is -2.98. The molecule has 0 unspecified atom stereocenters. The molecule has 3 aromatic carbocycles. The summed E-state index contributed by atoms with van der Waals surface area (Å²) in [7, 11) is -2.98. The molecular weight excluding hydrogens is 367 g/mol. The second-order valence-electron chi connectivity index (χ2n) is 5.03. The van der Waals surface area contributed by atoms with Gasteiger partial charge < -0.3 is 0 Å². The van der Waals surface area contributed by atoms with Gasteiger partial charge in [0.1, 0.15) is 0 Å². The first-order valence-electron chi connectivity index (χ1n) is 7.19. The first kappa shape index (κ1) is 15.8. The van der Waals surface area contributed by atoms with Gasteiger partial charge in [-0.3, -0.25) is 4.57 Å². The van der Waals surface area contributed by atoms with Gasteiger partial charge in [-0.2, -0.15) is 0 Å². The van der Waals surface area contributed by atoms with Crippen LogP contribution in [0, 0.1) is 11.6 Å². The summed E-state index contributed by atoms with van der Waals surface area (Å²) in [6.45, 7) is 0. The largest absolute Gasteiger partial charge is 0.300 e. The van der Waals surface area contributed by atoms with Crippen LogP contribution in [0.5, 0.6) is 0 Å². The van der Waals surface area contributed by atoms with Crippen molar-refractivity contribution < 1.29 is 4.57 Å². The van der Waals surface area contributed by atoms with Gasteiger partial charge in [-0.1, -0.05) is 88.6 Å². The van der Waals surface area contributed by atoms with E-state index in [4.69, 9.17) is 0 Å². The normalized spacial score (nSPS) is 10.7. The molecule has 0 heterocycles. The molecule has 0 N–H and O–H groups in total. The van der Waals surface area contributed by atoms with Crippen molar-refractivity contribution in [3.63, 3.8) is 0 Å². The molecule has 0 aliphatic heterocycles. The smallest absolute Gasteiger partial charge is 0.211 e. The van der Waals surface area contributed by atoms with Crippen molar-refractivity contribution in [1.29, 1.82) is 0 Å². The van der Waals surface area contributed by atoms with Crippen LogP contribution in [-0.2, 0) is 4.57 Å². The van der Waals surface area contributed by atoms with E-state index in [2.05, 4.69) is 27.5 Å². The molecule has 3 aromatic rings. The zero-order valence-corrected chi connectivity index (χ0v) is 14.8. The summed E-state index contributed by atoms with van der Waals surface area (Å²) < 4.78 is 14.6. The average molecular weight is 381 g/mol. The number of hydrogen-bond acceptors (Lipinski definition) is 1. The van der Waals surface area contributed by atoms with Crippen molar-refractivity contribution in [1.82, 2.24) is 0 Å². The molecule has 0 atom stereocenters. The highest BCUT2D eigenvalue weighted by Crippen LogP contribution is 2.41. The van der Waals surface area contributed by atoms with Crippen LogP contribution >= 0.6 is 23.1 Å². The number of hydrogen-bond donors (Lipinski definition) is 0. The molecule has 0 aliphatic rings. The maximum Gasteiger partial charge on any atom is 0.211 e. The van der Waals surface area contributed by atoms with E-state index < -0.39 is 7.14 Å². The molecule has 0 amide bonds. The Kier molecular flexibility index (Phi) is 4.82. The van der Waals surface area contributed by atoms with Crippen molar-refractivity contribution in [3.8, 4) is 11.6 Å². The number of halogens is 1. The standard InChI is InChI=1S/C20H14BrOP/c21-18-9-7-8-17(16-18)14-15-23(22,19-10-3-1-4-11-19)20-12-5-2-6-13-20/h1-13,16H. The van der Waals surface area contributed by atoms with Crippen molar-refractivity contribution in [2.75, 3.05) is 0 Å². The van der Waals surface area contributed by atoms with Crippen molar-refractivity contribution >= 4 is 33.7 Å². The van der Waals surface area contributed by atoms with Crippen LogP contribution < -0.4 is 10.6 Å². The first-order valence-corrected chi connectivity index (χ1v) is 9.68. The van der Waals surface area contributed by atoms with Crippen LogP contribution in [0.2, 0.25) is 0 Å². The van der Waals surface area contributed by atoms with E-state index >= 15 is 0 Å². The Hall–Kier alpha value is -2.07. The Morgan fingerprint density at radius 2 is 1.30 bits per heavy atom. The maximum atomic E-state index is 13.7. The van der Waals surface area contributed by atoms with Gasteiger partial charge in [0.15, 0.2) is 0 Å². The monoisotopic (exact) mass is 380 g/mol. The third-order valence-electron chi connectivity index (χ3n) is 3.42. The van der Waals surface area contributed by atoms with E-state index in [0.717, 1.165) is 20.6 Å². The fourth-order valence-electron chi connectivity index (χ4n) is 2.26. The van der Waals surface area contributed by atoms with Gasteiger partial charge in [0, 0.05) is 20.6 Å². The minimum Gasteiger partial charge on any atom is -0.300 e. The van der Waals surface area contributed by atoms with Crippen LogP contribution in [0.4, 0.5) is 0 Å². The van der Waals surface area contributed by atoms with Crippen molar-refractivity contribution in [2.24, 2.45) is 0 Å². The lowest BCUT2D eigenvalue weighted by Gasteiger charge is -2.12. The summed E-state index contributed by atoms with van der Waals surface area (Å²) in [5.41, 5.74) is 3.90. The highest BCUT2D eigenvalue weighted by molar-refractivity contribution is 9.10. The van der Waals surface area contributed by atoms with E-state index in [1.807, 2.05) is 84.9 Å². The predicted octanol–water partition coefficient (Wildman–Crippen LogP) is 4.77. The molecule has 0 aliphatic carbocycles. The van der Waals surface area contributed by atoms with Gasteiger partial charge in [-0.05, 0) is 23.9 Å². The van der Waals surface area contributed by atoms with Gasteiger partial charge >= 0.3 is 0 Å². The highest BCUT2D eigenvalue weighted by Gasteiger charge is 2.24. The van der Waals surface area contributed by atoms with E-state index in [0.29, 0.717) is 0 Å². The molecular formula is C20H14BrOP. The molecule has 0 spiro atoms. The van der Waals surface area contributed by atoms with Crippen molar-refractivity contribution in [3.05, 3.63) is 95.0 Å². The van der Waals surface area contributed by atoms with Gasteiger partial charge in [0.25, 0.3) is 0 Å². The second kappa shape index (κ2) is 7.01. The molecule has 0 fully saturated rings.